The SMILES string of the molecule is COc1ccc(OC)c(NC(=O)COc2cc(C)c(Cl)cc2C(C)C)c1. The van der Waals surface area contributed by atoms with Crippen LogP contribution in [0.15, 0.2) is 30.3 Å². The van der Waals surface area contributed by atoms with E-state index in [1.807, 2.05) is 19.1 Å². The number of benzene rings is 2. The lowest BCUT2D eigenvalue weighted by atomic mass is 10.0. The number of methoxy groups -OCH3 is 2. The Morgan fingerprint density at radius 3 is 2.46 bits per heavy atom. The molecular weight excluding hydrogens is 354 g/mol. The molecule has 2 rings (SSSR count). The molecule has 0 saturated heterocycles. The van der Waals surface area contributed by atoms with Crippen molar-refractivity contribution in [1.82, 2.24) is 0 Å². The fraction of sp³-hybridized carbons (Fsp3) is 0.350. The summed E-state index contributed by atoms with van der Waals surface area (Å²) in [6.07, 6.45) is 0. The number of aryl methyl sites for hydroxylation is 1. The molecule has 0 atom stereocenters. The summed E-state index contributed by atoms with van der Waals surface area (Å²) in [6.45, 7) is 5.88. The Balaban J connectivity index is 2.11. The van der Waals surface area contributed by atoms with Crippen LogP contribution in [0.3, 0.4) is 0 Å². The molecule has 0 saturated carbocycles. The first kappa shape index (κ1) is 19.9. The summed E-state index contributed by atoms with van der Waals surface area (Å²) < 4.78 is 16.2. The fourth-order valence-electron chi connectivity index (χ4n) is 2.49. The Bertz CT molecular complexity index is 790. The fourth-order valence-corrected chi connectivity index (χ4v) is 2.66. The third-order valence-corrected chi connectivity index (χ3v) is 4.36. The summed E-state index contributed by atoms with van der Waals surface area (Å²) >= 11 is 6.20. The summed E-state index contributed by atoms with van der Waals surface area (Å²) in [5, 5.41) is 3.47. The van der Waals surface area contributed by atoms with E-state index in [9.17, 15) is 4.79 Å². The number of carbonyl (C=O) groups is 1. The number of hydrogen-bond donors (Lipinski definition) is 1. The number of ether oxygens (including phenoxy) is 3. The first-order valence-electron chi connectivity index (χ1n) is 8.30. The molecule has 0 aliphatic rings. The lowest BCUT2D eigenvalue weighted by Crippen LogP contribution is -2.21. The van der Waals surface area contributed by atoms with Gasteiger partial charge in [0.25, 0.3) is 5.91 Å². The average Bonchev–Trinajstić information content (AvgIpc) is 2.62. The monoisotopic (exact) mass is 377 g/mol. The van der Waals surface area contributed by atoms with E-state index in [4.69, 9.17) is 25.8 Å². The van der Waals surface area contributed by atoms with Gasteiger partial charge < -0.3 is 19.5 Å². The minimum absolute atomic E-state index is 0.124. The number of amides is 1. The molecule has 0 heterocycles. The van der Waals surface area contributed by atoms with E-state index in [0.717, 1.165) is 11.1 Å². The summed E-state index contributed by atoms with van der Waals surface area (Å²) in [5.74, 6) is 1.76. The zero-order chi connectivity index (χ0) is 19.3. The average molecular weight is 378 g/mol. The van der Waals surface area contributed by atoms with Crippen molar-refractivity contribution < 1.29 is 19.0 Å². The Morgan fingerprint density at radius 2 is 1.85 bits per heavy atom. The molecule has 0 bridgehead atoms. The highest BCUT2D eigenvalue weighted by Gasteiger charge is 2.14. The van der Waals surface area contributed by atoms with Crippen molar-refractivity contribution in [2.45, 2.75) is 26.7 Å². The van der Waals surface area contributed by atoms with Crippen LogP contribution in [-0.2, 0) is 4.79 Å². The van der Waals surface area contributed by atoms with Crippen LogP contribution in [0.4, 0.5) is 5.69 Å². The molecule has 140 valence electrons. The van der Waals surface area contributed by atoms with E-state index in [-0.39, 0.29) is 18.4 Å². The van der Waals surface area contributed by atoms with E-state index >= 15 is 0 Å². The van der Waals surface area contributed by atoms with Gasteiger partial charge in [0.05, 0.1) is 19.9 Å². The number of anilines is 1. The minimum Gasteiger partial charge on any atom is -0.497 e. The van der Waals surface area contributed by atoms with Gasteiger partial charge in [-0.25, -0.2) is 0 Å². The number of rotatable bonds is 7. The lowest BCUT2D eigenvalue weighted by Gasteiger charge is -2.16. The maximum absolute atomic E-state index is 12.3. The second kappa shape index (κ2) is 8.81. The molecule has 0 radical (unpaired) electrons. The lowest BCUT2D eigenvalue weighted by molar-refractivity contribution is -0.118. The van der Waals surface area contributed by atoms with Crippen LogP contribution in [-0.4, -0.2) is 26.7 Å². The molecule has 2 aromatic carbocycles. The van der Waals surface area contributed by atoms with Crippen LogP contribution in [0.2, 0.25) is 5.02 Å². The number of halogens is 1. The second-order valence-electron chi connectivity index (χ2n) is 6.20. The van der Waals surface area contributed by atoms with Crippen molar-refractivity contribution in [2.24, 2.45) is 0 Å². The molecule has 1 amide bonds. The largest absolute Gasteiger partial charge is 0.497 e. The highest BCUT2D eigenvalue weighted by atomic mass is 35.5. The molecule has 0 aliphatic heterocycles. The van der Waals surface area contributed by atoms with Crippen LogP contribution in [0.25, 0.3) is 0 Å². The zero-order valence-electron chi connectivity index (χ0n) is 15.7. The van der Waals surface area contributed by atoms with Gasteiger partial charge in [0.2, 0.25) is 0 Å². The quantitative estimate of drug-likeness (QED) is 0.752. The highest BCUT2D eigenvalue weighted by Crippen LogP contribution is 2.32. The molecule has 0 fully saturated rings. The van der Waals surface area contributed by atoms with Gasteiger partial charge in [0.1, 0.15) is 17.2 Å². The zero-order valence-corrected chi connectivity index (χ0v) is 16.4. The van der Waals surface area contributed by atoms with Gasteiger partial charge in [0, 0.05) is 11.1 Å². The van der Waals surface area contributed by atoms with Crippen molar-refractivity contribution >= 4 is 23.2 Å². The molecule has 0 spiro atoms. The van der Waals surface area contributed by atoms with Gasteiger partial charge in [-0.3, -0.25) is 4.79 Å². The normalized spacial score (nSPS) is 10.6. The number of nitrogens with one attached hydrogen (secondary N) is 1. The topological polar surface area (TPSA) is 56.8 Å². The third-order valence-electron chi connectivity index (χ3n) is 3.95. The maximum Gasteiger partial charge on any atom is 0.262 e. The van der Waals surface area contributed by atoms with E-state index in [1.165, 1.54) is 0 Å². The van der Waals surface area contributed by atoms with Crippen molar-refractivity contribution in [3.8, 4) is 17.2 Å². The molecule has 1 N–H and O–H groups in total. The van der Waals surface area contributed by atoms with Crippen LogP contribution in [0.5, 0.6) is 17.2 Å². The molecule has 0 unspecified atom stereocenters. The predicted molar refractivity (Wildman–Crippen MR) is 104 cm³/mol. The molecule has 5 nitrogen and oxygen atoms in total. The second-order valence-corrected chi connectivity index (χ2v) is 6.60. The van der Waals surface area contributed by atoms with Crippen LogP contribution >= 0.6 is 11.6 Å². The molecule has 0 aromatic heterocycles. The van der Waals surface area contributed by atoms with Crippen LogP contribution < -0.4 is 19.5 Å². The molecule has 2 aromatic rings. The molecule has 6 heteroatoms. The Labute approximate surface area is 159 Å². The Kier molecular flexibility index (Phi) is 6.75. The molecular formula is C20H24ClNO4. The smallest absolute Gasteiger partial charge is 0.262 e. The van der Waals surface area contributed by atoms with Gasteiger partial charge in [-0.1, -0.05) is 25.4 Å². The van der Waals surface area contributed by atoms with E-state index in [2.05, 4.69) is 19.2 Å². The van der Waals surface area contributed by atoms with Gasteiger partial charge in [-0.2, -0.15) is 0 Å². The summed E-state index contributed by atoms with van der Waals surface area (Å²) in [6, 6.07) is 8.94. The first-order chi connectivity index (χ1) is 12.3. The van der Waals surface area contributed by atoms with Gasteiger partial charge in [-0.15, -0.1) is 0 Å². The minimum atomic E-state index is -0.293. The Morgan fingerprint density at radius 1 is 1.12 bits per heavy atom. The van der Waals surface area contributed by atoms with Gasteiger partial charge in [-0.05, 0) is 48.2 Å². The van der Waals surface area contributed by atoms with Crippen molar-refractivity contribution in [3.63, 3.8) is 0 Å². The van der Waals surface area contributed by atoms with Crippen molar-refractivity contribution in [2.75, 3.05) is 26.1 Å². The first-order valence-corrected chi connectivity index (χ1v) is 8.68. The molecule has 0 aliphatic carbocycles. The summed E-state index contributed by atoms with van der Waals surface area (Å²) in [4.78, 5) is 12.3. The summed E-state index contributed by atoms with van der Waals surface area (Å²) in [7, 11) is 3.10. The standard InChI is InChI=1S/C20H24ClNO4/c1-12(2)15-10-16(21)13(3)8-19(15)26-11-20(23)22-17-9-14(24-4)6-7-18(17)25-5/h6-10,12H,11H2,1-5H3,(H,22,23). The van der Waals surface area contributed by atoms with Crippen LogP contribution in [0.1, 0.15) is 30.9 Å². The molecule has 26 heavy (non-hydrogen) atoms. The maximum atomic E-state index is 12.3. The van der Waals surface area contributed by atoms with Crippen molar-refractivity contribution in [1.29, 1.82) is 0 Å². The highest BCUT2D eigenvalue weighted by molar-refractivity contribution is 6.31. The van der Waals surface area contributed by atoms with E-state index in [0.29, 0.717) is 28.0 Å². The van der Waals surface area contributed by atoms with Gasteiger partial charge in [0.15, 0.2) is 6.61 Å². The van der Waals surface area contributed by atoms with Gasteiger partial charge >= 0.3 is 0 Å². The van der Waals surface area contributed by atoms with Crippen molar-refractivity contribution in [3.05, 3.63) is 46.5 Å². The summed E-state index contributed by atoms with van der Waals surface area (Å²) in [5.41, 5.74) is 2.39. The Hall–Kier alpha value is -2.40. The third kappa shape index (κ3) is 4.82. The van der Waals surface area contributed by atoms with E-state index < -0.39 is 0 Å². The number of carbonyl (C=O) groups excluding carboxylic acids is 1. The number of hydrogen-bond acceptors (Lipinski definition) is 4. The van der Waals surface area contributed by atoms with E-state index in [1.54, 1.807) is 32.4 Å². The predicted octanol–water partition coefficient (Wildman–Crippen LogP) is 4.81. The van der Waals surface area contributed by atoms with Crippen LogP contribution in [0, 0.1) is 6.92 Å².